The van der Waals surface area contributed by atoms with Crippen molar-refractivity contribution >= 4 is 26.2 Å². The first-order valence-electron chi connectivity index (χ1n) is 1.52. The van der Waals surface area contributed by atoms with E-state index in [1.807, 2.05) is 6.92 Å². The smallest absolute Gasteiger partial charge is 0.0428 e. The molecule has 47 valence electrons. The Kier molecular flexibility index (Phi) is 105. The molecule has 0 bridgehead atoms. The monoisotopic (exact) mass is 305 g/mol. The molecule has 0 amide bonds. The maximum atomic E-state index is 7.88. The van der Waals surface area contributed by atoms with Crippen LogP contribution in [0.4, 0.5) is 0 Å². The van der Waals surface area contributed by atoms with Crippen molar-refractivity contribution in [1.29, 1.82) is 0 Å². The van der Waals surface area contributed by atoms with Crippen LogP contribution in [0.5, 0.6) is 0 Å². The Labute approximate surface area is 62.5 Å². The van der Waals surface area contributed by atoms with E-state index in [4.69, 9.17) is 5.11 Å². The van der Waals surface area contributed by atoms with Crippen LogP contribution in [0.25, 0.3) is 0 Å². The van der Waals surface area contributed by atoms with E-state index in [-0.39, 0.29) is 37.2 Å². The molecule has 0 aromatic carbocycles. The molecule has 0 atom stereocenters. The molecular weight excluding hydrogens is 293 g/mol. The molecule has 0 aromatic rings. The average molecular weight is 305 g/mol. The van der Waals surface area contributed by atoms with Crippen LogP contribution < -0.4 is 0 Å². The van der Waals surface area contributed by atoms with Crippen molar-refractivity contribution in [2.24, 2.45) is 0 Å². The number of hydrogen-bond donors (Lipinski definition) is 1. The molecule has 0 unspecified atom stereocenters. The number of hydrogen-bond acceptors (Lipinski definition) is 1. The molecule has 3 radical (unpaired) electrons. The van der Waals surface area contributed by atoms with Crippen LogP contribution in [0.1, 0.15) is 13.3 Å². The van der Waals surface area contributed by atoms with E-state index in [9.17, 15) is 0 Å². The van der Waals surface area contributed by atoms with Crippen LogP contribution in [0, 0.1) is 0 Å². The number of rotatable bonds is 1. The summed E-state index contributed by atoms with van der Waals surface area (Å²) in [5.41, 5.74) is 0. The summed E-state index contributed by atoms with van der Waals surface area (Å²) < 4.78 is 0. The quantitative estimate of drug-likeness (QED) is 0.579. The zero-order valence-corrected chi connectivity index (χ0v) is 7.79. The van der Waals surface area contributed by atoms with Crippen LogP contribution in [0.3, 0.4) is 0 Å². The Bertz CT molecular complexity index is 12.1. The summed E-state index contributed by atoms with van der Waals surface area (Å²) in [5.74, 6) is 0. The molecule has 0 aliphatic carbocycles. The minimum Gasteiger partial charge on any atom is -0.412 e. The molecule has 0 aromatic heterocycles. The van der Waals surface area contributed by atoms with Crippen LogP contribution in [-0.2, 0) is 0 Å². The van der Waals surface area contributed by atoms with E-state index in [1.165, 1.54) is 0 Å². The maximum Gasteiger partial charge on any atom is 0.0428 e. The van der Waals surface area contributed by atoms with E-state index >= 15 is 0 Å². The van der Waals surface area contributed by atoms with Crippen molar-refractivity contribution in [2.45, 2.75) is 13.3 Å². The summed E-state index contributed by atoms with van der Waals surface area (Å²) in [6.45, 7) is 2.25. The van der Waals surface area contributed by atoms with Crippen LogP contribution in [-0.4, -0.2) is 48.9 Å². The van der Waals surface area contributed by atoms with E-state index < -0.39 is 0 Å². The minimum atomic E-state index is 0. The van der Waals surface area contributed by atoms with Crippen molar-refractivity contribution in [1.82, 2.24) is 0 Å². The van der Waals surface area contributed by atoms with Crippen LogP contribution >= 0.6 is 0 Å². The zero-order valence-electron chi connectivity index (χ0n) is 4.31. The Morgan fingerprint density at radius 2 is 1.43 bits per heavy atom. The van der Waals surface area contributed by atoms with Crippen molar-refractivity contribution < 1.29 is 16.1 Å². The average Bonchev–Trinajstić information content (AvgIpc) is 1.37. The molecule has 5 N–H and O–H groups in total. The molecule has 0 spiro atoms. The van der Waals surface area contributed by atoms with Gasteiger partial charge in [0.2, 0.25) is 0 Å². The van der Waals surface area contributed by atoms with Gasteiger partial charge < -0.3 is 16.1 Å². The van der Waals surface area contributed by atoms with Crippen molar-refractivity contribution in [3.8, 4) is 0 Å². The van der Waals surface area contributed by atoms with E-state index in [2.05, 4.69) is 0 Å². The molecule has 0 saturated heterocycles. The van der Waals surface area contributed by atoms with Gasteiger partial charge in [-0.1, -0.05) is 6.92 Å². The van der Waals surface area contributed by atoms with Gasteiger partial charge in [-0.3, -0.25) is 0 Å². The molecule has 0 saturated carbocycles. The third kappa shape index (κ3) is 49.4. The van der Waals surface area contributed by atoms with Crippen molar-refractivity contribution in [2.75, 3.05) is 6.61 Å². The molecule has 4 heteroatoms. The van der Waals surface area contributed by atoms with Gasteiger partial charge in [-0.15, -0.1) is 0 Å². The Hall–Kier alpha value is 0.763. The topological polar surface area (TPSA) is 83.2 Å². The molecule has 0 rings (SSSR count). The fourth-order valence-electron chi connectivity index (χ4n) is 0. The molecule has 3 nitrogen and oxygen atoms in total. The molecule has 7 heavy (non-hydrogen) atoms. The Balaban J connectivity index is -0.0000000150. The summed E-state index contributed by atoms with van der Waals surface area (Å²) in [5, 5.41) is 7.88. The third-order valence-electron chi connectivity index (χ3n) is 0.224. The molecule has 0 aliphatic heterocycles. The molecule has 0 heterocycles. The van der Waals surface area contributed by atoms with Gasteiger partial charge in [0.25, 0.3) is 0 Å². The van der Waals surface area contributed by atoms with Gasteiger partial charge in [-0.05, 0) is 6.42 Å². The first-order valence-corrected chi connectivity index (χ1v) is 1.52. The fourth-order valence-corrected chi connectivity index (χ4v) is 0. The summed E-state index contributed by atoms with van der Waals surface area (Å²) in [6.07, 6.45) is 0.875. The van der Waals surface area contributed by atoms with Gasteiger partial charge in [0.15, 0.2) is 0 Å². The summed E-state index contributed by atoms with van der Waals surface area (Å²) >= 11 is 0. The first kappa shape index (κ1) is 25.1. The normalized spacial score (nSPS) is 4.29. The second-order valence-electron chi connectivity index (χ2n) is 0.724. The van der Waals surface area contributed by atoms with Gasteiger partial charge in [0.1, 0.15) is 0 Å². The van der Waals surface area contributed by atoms with Gasteiger partial charge in [-0.25, -0.2) is 0 Å². The van der Waals surface area contributed by atoms with Crippen molar-refractivity contribution in [3.05, 3.63) is 0 Å². The predicted octanol–water partition coefficient (Wildman–Crippen LogP) is -1.64. The summed E-state index contributed by atoms with van der Waals surface area (Å²) in [6, 6.07) is 0. The molecule has 0 aliphatic rings. The number of aliphatic hydroxyl groups excluding tert-OH is 1. The minimum absolute atomic E-state index is 0. The largest absolute Gasteiger partial charge is 0.412 e. The predicted molar refractivity (Wildman–Crippen MR) is 30.4 cm³/mol. The standard InChI is InChI=1S/C3H8O.Bi.2H2O/c1-2-3-4;;;/h4H,2-3H2,1H3;;2*1H2. The maximum absolute atomic E-state index is 7.88. The summed E-state index contributed by atoms with van der Waals surface area (Å²) in [7, 11) is 0. The first-order chi connectivity index (χ1) is 1.91. The second-order valence-corrected chi connectivity index (χ2v) is 0.724. The van der Waals surface area contributed by atoms with E-state index in [0.29, 0.717) is 6.61 Å². The van der Waals surface area contributed by atoms with Crippen molar-refractivity contribution in [3.63, 3.8) is 0 Å². The molecular formula is C3H12BiO3. The second kappa shape index (κ2) is 29.4. The number of aliphatic hydroxyl groups is 1. The summed E-state index contributed by atoms with van der Waals surface area (Å²) in [4.78, 5) is 0. The Morgan fingerprint density at radius 3 is 1.43 bits per heavy atom. The van der Waals surface area contributed by atoms with E-state index in [1.54, 1.807) is 0 Å². The SMILES string of the molecule is CCCO.O.O.[Bi]. The fraction of sp³-hybridized carbons (Fsp3) is 1.00. The van der Waals surface area contributed by atoms with Gasteiger partial charge in [0.05, 0.1) is 0 Å². The van der Waals surface area contributed by atoms with E-state index in [0.717, 1.165) is 6.42 Å². The Morgan fingerprint density at radius 1 is 1.29 bits per heavy atom. The zero-order chi connectivity index (χ0) is 3.41. The van der Waals surface area contributed by atoms with Gasteiger partial charge in [0, 0.05) is 32.8 Å². The van der Waals surface area contributed by atoms with Crippen LogP contribution in [0.2, 0.25) is 0 Å². The van der Waals surface area contributed by atoms with Crippen LogP contribution in [0.15, 0.2) is 0 Å². The molecule has 0 fully saturated rings. The van der Waals surface area contributed by atoms with Gasteiger partial charge in [-0.2, -0.15) is 0 Å². The van der Waals surface area contributed by atoms with Gasteiger partial charge >= 0.3 is 0 Å². The third-order valence-corrected chi connectivity index (χ3v) is 0.224.